The molecule has 2 atom stereocenters. The van der Waals surface area contributed by atoms with Crippen LogP contribution in [0.15, 0.2) is 0 Å². The van der Waals surface area contributed by atoms with Crippen LogP contribution < -0.4 is 0 Å². The van der Waals surface area contributed by atoms with Crippen LogP contribution in [-0.2, 0) is 9.59 Å². The summed E-state index contributed by atoms with van der Waals surface area (Å²) in [5.41, 5.74) is 0. The van der Waals surface area contributed by atoms with Crippen molar-refractivity contribution in [1.29, 1.82) is 0 Å². The third-order valence-corrected chi connectivity index (χ3v) is 3.67. The first kappa shape index (κ1) is 10.7. The predicted octanol–water partition coefficient (Wildman–Crippen LogP) is 1.76. The van der Waals surface area contributed by atoms with Crippen LogP contribution >= 0.6 is 0 Å². The van der Waals surface area contributed by atoms with Gasteiger partial charge in [0.05, 0.1) is 0 Å². The van der Waals surface area contributed by atoms with Gasteiger partial charge in [0.1, 0.15) is 5.78 Å². The second-order valence-electron chi connectivity index (χ2n) is 4.85. The third kappa shape index (κ3) is 2.21. The Labute approximate surface area is 90.8 Å². The highest BCUT2D eigenvalue weighted by molar-refractivity contribution is 5.88. The molecule has 0 N–H and O–H groups in total. The van der Waals surface area contributed by atoms with E-state index in [-0.39, 0.29) is 17.6 Å². The van der Waals surface area contributed by atoms with Crippen molar-refractivity contribution in [2.45, 2.75) is 51.5 Å². The van der Waals surface area contributed by atoms with Crippen molar-refractivity contribution in [2.24, 2.45) is 5.92 Å². The number of ketones is 1. The Balaban J connectivity index is 1.97. The van der Waals surface area contributed by atoms with Gasteiger partial charge in [-0.2, -0.15) is 0 Å². The molecule has 0 radical (unpaired) electrons. The van der Waals surface area contributed by atoms with E-state index in [0.717, 1.165) is 32.2 Å². The van der Waals surface area contributed by atoms with Crippen LogP contribution in [-0.4, -0.2) is 29.2 Å². The van der Waals surface area contributed by atoms with Crippen molar-refractivity contribution in [3.63, 3.8) is 0 Å². The zero-order chi connectivity index (χ0) is 10.8. The van der Waals surface area contributed by atoms with Crippen LogP contribution in [0, 0.1) is 5.92 Å². The van der Waals surface area contributed by atoms with E-state index in [1.165, 1.54) is 0 Å². The summed E-state index contributed by atoms with van der Waals surface area (Å²) in [5.74, 6) is 0.492. The fourth-order valence-electron chi connectivity index (χ4n) is 2.73. The summed E-state index contributed by atoms with van der Waals surface area (Å²) in [5, 5.41) is 0. The van der Waals surface area contributed by atoms with Gasteiger partial charge in [-0.15, -0.1) is 0 Å². The van der Waals surface area contributed by atoms with E-state index in [4.69, 9.17) is 0 Å². The topological polar surface area (TPSA) is 37.4 Å². The number of Topliss-reactive ketones (excluding diaryl/α,β-unsaturated/α-hetero) is 1. The molecule has 0 aromatic carbocycles. The standard InChI is InChI=1S/C12H19NO2/c1-9-4-3-7-13(9)12(15)10-5-2-6-11(14)8-10/h9-10H,2-8H2,1H3/t9-,10?/m1/s1. The molecule has 1 amide bonds. The number of hydrogen-bond donors (Lipinski definition) is 0. The summed E-state index contributed by atoms with van der Waals surface area (Å²) in [6, 6.07) is 0.384. The van der Waals surface area contributed by atoms with E-state index < -0.39 is 0 Å². The molecular weight excluding hydrogens is 190 g/mol. The molecule has 84 valence electrons. The highest BCUT2D eigenvalue weighted by Gasteiger charge is 2.33. The molecular formula is C12H19NO2. The Kier molecular flexibility index (Phi) is 3.08. The van der Waals surface area contributed by atoms with Crippen molar-refractivity contribution in [2.75, 3.05) is 6.54 Å². The lowest BCUT2D eigenvalue weighted by atomic mass is 9.87. The molecule has 1 heterocycles. The molecule has 0 aromatic rings. The van der Waals surface area contributed by atoms with E-state index >= 15 is 0 Å². The Morgan fingerprint density at radius 3 is 2.73 bits per heavy atom. The van der Waals surface area contributed by atoms with Crippen LogP contribution in [0.2, 0.25) is 0 Å². The minimum Gasteiger partial charge on any atom is -0.340 e. The molecule has 1 saturated heterocycles. The highest BCUT2D eigenvalue weighted by Crippen LogP contribution is 2.26. The summed E-state index contributed by atoms with van der Waals surface area (Å²) in [7, 11) is 0. The number of hydrogen-bond acceptors (Lipinski definition) is 2. The monoisotopic (exact) mass is 209 g/mol. The Hall–Kier alpha value is -0.860. The van der Waals surface area contributed by atoms with Gasteiger partial charge in [0.2, 0.25) is 5.91 Å². The van der Waals surface area contributed by atoms with Gasteiger partial charge in [-0.05, 0) is 32.6 Å². The number of carbonyl (C=O) groups is 2. The number of amides is 1. The zero-order valence-electron chi connectivity index (χ0n) is 9.37. The lowest BCUT2D eigenvalue weighted by molar-refractivity contribution is -0.140. The van der Waals surface area contributed by atoms with E-state index in [9.17, 15) is 9.59 Å². The van der Waals surface area contributed by atoms with Crippen LogP contribution in [0.3, 0.4) is 0 Å². The molecule has 15 heavy (non-hydrogen) atoms. The van der Waals surface area contributed by atoms with Crippen molar-refractivity contribution < 1.29 is 9.59 Å². The Bertz CT molecular complexity index is 275. The maximum absolute atomic E-state index is 12.1. The minimum absolute atomic E-state index is 0.00759. The zero-order valence-corrected chi connectivity index (χ0v) is 9.37. The first-order valence-electron chi connectivity index (χ1n) is 6.00. The fraction of sp³-hybridized carbons (Fsp3) is 0.833. The lowest BCUT2D eigenvalue weighted by Gasteiger charge is -2.28. The molecule has 3 nitrogen and oxygen atoms in total. The van der Waals surface area contributed by atoms with Gasteiger partial charge < -0.3 is 4.90 Å². The van der Waals surface area contributed by atoms with Gasteiger partial charge in [-0.25, -0.2) is 0 Å². The van der Waals surface area contributed by atoms with Crippen molar-refractivity contribution in [1.82, 2.24) is 4.90 Å². The Morgan fingerprint density at radius 1 is 1.33 bits per heavy atom. The number of nitrogens with zero attached hydrogens (tertiary/aromatic N) is 1. The molecule has 0 aromatic heterocycles. The van der Waals surface area contributed by atoms with Gasteiger partial charge >= 0.3 is 0 Å². The Morgan fingerprint density at radius 2 is 2.13 bits per heavy atom. The molecule has 0 spiro atoms. The van der Waals surface area contributed by atoms with E-state index in [0.29, 0.717) is 18.9 Å². The molecule has 1 saturated carbocycles. The molecule has 0 bridgehead atoms. The maximum atomic E-state index is 12.1. The van der Waals surface area contributed by atoms with Crippen molar-refractivity contribution >= 4 is 11.7 Å². The SMILES string of the molecule is C[C@@H]1CCCN1C(=O)C1CCCC(=O)C1. The van der Waals surface area contributed by atoms with Gasteiger partial charge in [0.15, 0.2) is 0 Å². The van der Waals surface area contributed by atoms with Gasteiger partial charge in [-0.1, -0.05) is 0 Å². The highest BCUT2D eigenvalue weighted by atomic mass is 16.2. The molecule has 2 fully saturated rings. The van der Waals surface area contributed by atoms with Crippen molar-refractivity contribution in [3.8, 4) is 0 Å². The third-order valence-electron chi connectivity index (χ3n) is 3.67. The molecule has 1 aliphatic heterocycles. The summed E-state index contributed by atoms with van der Waals surface area (Å²) in [6.07, 6.45) is 5.21. The number of likely N-dealkylation sites (tertiary alicyclic amines) is 1. The van der Waals surface area contributed by atoms with Crippen molar-refractivity contribution in [3.05, 3.63) is 0 Å². The number of rotatable bonds is 1. The van der Waals surface area contributed by atoms with E-state index in [1.54, 1.807) is 0 Å². The minimum atomic E-state index is -0.00759. The number of carbonyl (C=O) groups excluding carboxylic acids is 2. The van der Waals surface area contributed by atoms with Gasteiger partial charge in [0, 0.05) is 31.3 Å². The van der Waals surface area contributed by atoms with Gasteiger partial charge in [0.25, 0.3) is 0 Å². The summed E-state index contributed by atoms with van der Waals surface area (Å²) < 4.78 is 0. The second-order valence-corrected chi connectivity index (χ2v) is 4.85. The fourth-order valence-corrected chi connectivity index (χ4v) is 2.73. The lowest BCUT2D eigenvalue weighted by Crippen LogP contribution is -2.40. The summed E-state index contributed by atoms with van der Waals surface area (Å²) in [4.78, 5) is 25.4. The molecule has 1 unspecified atom stereocenters. The molecule has 3 heteroatoms. The van der Waals surface area contributed by atoms with Crippen LogP contribution in [0.5, 0.6) is 0 Å². The molecule has 2 rings (SSSR count). The largest absolute Gasteiger partial charge is 0.340 e. The van der Waals surface area contributed by atoms with E-state index in [1.807, 2.05) is 4.90 Å². The second kappa shape index (κ2) is 4.33. The first-order valence-corrected chi connectivity index (χ1v) is 6.00. The normalized spacial score (nSPS) is 32.1. The average molecular weight is 209 g/mol. The summed E-state index contributed by atoms with van der Waals surface area (Å²) >= 11 is 0. The average Bonchev–Trinajstić information content (AvgIpc) is 2.63. The van der Waals surface area contributed by atoms with E-state index in [2.05, 4.69) is 6.92 Å². The maximum Gasteiger partial charge on any atom is 0.226 e. The first-order chi connectivity index (χ1) is 7.18. The van der Waals surface area contributed by atoms with Crippen LogP contribution in [0.25, 0.3) is 0 Å². The smallest absolute Gasteiger partial charge is 0.226 e. The van der Waals surface area contributed by atoms with Crippen LogP contribution in [0.4, 0.5) is 0 Å². The predicted molar refractivity (Wildman–Crippen MR) is 57.4 cm³/mol. The molecule has 2 aliphatic rings. The summed E-state index contributed by atoms with van der Waals surface area (Å²) in [6.45, 7) is 3.00. The molecule has 1 aliphatic carbocycles. The quantitative estimate of drug-likeness (QED) is 0.660. The van der Waals surface area contributed by atoms with Gasteiger partial charge in [-0.3, -0.25) is 9.59 Å². The van der Waals surface area contributed by atoms with Crippen LogP contribution in [0.1, 0.15) is 45.4 Å².